The molecule has 0 aromatic heterocycles. The molecule has 0 fully saturated rings. The van der Waals surface area contributed by atoms with Gasteiger partial charge in [0.25, 0.3) is 0 Å². The highest BCUT2D eigenvalue weighted by Gasteiger charge is 2.20. The fourth-order valence-electron chi connectivity index (χ4n) is 2.93. The van der Waals surface area contributed by atoms with E-state index in [-0.39, 0.29) is 12.3 Å². The average molecular weight is 378 g/mol. The first-order valence-electron chi connectivity index (χ1n) is 8.15. The normalized spacial score (nSPS) is 12.7. The van der Waals surface area contributed by atoms with E-state index in [1.54, 1.807) is 0 Å². The van der Waals surface area contributed by atoms with Gasteiger partial charge in [-0.15, -0.1) is 0 Å². The fourth-order valence-corrected chi connectivity index (χ4v) is 3.67. The quantitative estimate of drug-likeness (QED) is 0.809. The maximum Gasteiger partial charge on any atom is 0.226 e. The third kappa shape index (κ3) is 5.64. The highest BCUT2D eigenvalue weighted by Crippen LogP contribution is 2.24. The van der Waals surface area contributed by atoms with E-state index in [2.05, 4.69) is 10.0 Å². The van der Waals surface area contributed by atoms with E-state index in [1.165, 1.54) is 24.3 Å². The summed E-state index contributed by atoms with van der Waals surface area (Å²) < 4.78 is 38.9. The van der Waals surface area contributed by atoms with E-state index in [0.717, 1.165) is 28.6 Å². The first kappa shape index (κ1) is 20.1. The lowest BCUT2D eigenvalue weighted by molar-refractivity contribution is -0.116. The third-order valence-electron chi connectivity index (χ3n) is 3.96. The Morgan fingerprint density at radius 1 is 1.08 bits per heavy atom. The Balaban J connectivity index is 2.22. The van der Waals surface area contributed by atoms with Gasteiger partial charge in [-0.2, -0.15) is 0 Å². The van der Waals surface area contributed by atoms with E-state index in [4.69, 9.17) is 0 Å². The number of carbonyl (C=O) groups excluding carboxylic acids is 1. The minimum absolute atomic E-state index is 0.106. The van der Waals surface area contributed by atoms with Crippen molar-refractivity contribution in [1.29, 1.82) is 0 Å². The van der Waals surface area contributed by atoms with Gasteiger partial charge in [0, 0.05) is 12.1 Å². The second kappa shape index (κ2) is 7.97. The van der Waals surface area contributed by atoms with Gasteiger partial charge in [0.15, 0.2) is 0 Å². The summed E-state index contributed by atoms with van der Waals surface area (Å²) in [5.74, 6) is -0.757. The van der Waals surface area contributed by atoms with Gasteiger partial charge in [0.05, 0.1) is 12.3 Å². The number of benzene rings is 2. The van der Waals surface area contributed by atoms with E-state index in [9.17, 15) is 17.6 Å². The minimum Gasteiger partial charge on any atom is -0.326 e. The van der Waals surface area contributed by atoms with Crippen molar-refractivity contribution in [2.75, 3.05) is 11.6 Å². The Morgan fingerprint density at radius 2 is 1.62 bits per heavy atom. The summed E-state index contributed by atoms with van der Waals surface area (Å²) in [4.78, 5) is 12.5. The SMILES string of the molecule is Cc1cc(C)c(NC(=O)C[C@@H](NS(C)(=O)=O)c2ccc(F)cc2)c(C)c1. The van der Waals surface area contributed by atoms with Crippen LogP contribution in [0.5, 0.6) is 0 Å². The first-order valence-corrected chi connectivity index (χ1v) is 10.0. The van der Waals surface area contributed by atoms with Crippen LogP contribution in [0.2, 0.25) is 0 Å². The molecule has 0 bridgehead atoms. The molecule has 0 radical (unpaired) electrons. The van der Waals surface area contributed by atoms with Crippen LogP contribution in [0.1, 0.15) is 34.7 Å². The Labute approximate surface area is 153 Å². The van der Waals surface area contributed by atoms with Crippen molar-refractivity contribution in [3.63, 3.8) is 0 Å². The number of sulfonamides is 1. The zero-order chi connectivity index (χ0) is 19.5. The van der Waals surface area contributed by atoms with Crippen LogP contribution in [-0.2, 0) is 14.8 Å². The second-order valence-corrected chi connectivity index (χ2v) is 8.30. The lowest BCUT2D eigenvalue weighted by atomic mass is 10.0. The second-order valence-electron chi connectivity index (χ2n) is 6.52. The molecule has 7 heteroatoms. The van der Waals surface area contributed by atoms with Crippen molar-refractivity contribution in [3.05, 3.63) is 64.5 Å². The monoisotopic (exact) mass is 378 g/mol. The summed E-state index contributed by atoms with van der Waals surface area (Å²) >= 11 is 0. The lowest BCUT2D eigenvalue weighted by Crippen LogP contribution is -2.31. The van der Waals surface area contributed by atoms with Gasteiger partial charge in [-0.25, -0.2) is 17.5 Å². The van der Waals surface area contributed by atoms with Crippen LogP contribution in [-0.4, -0.2) is 20.6 Å². The van der Waals surface area contributed by atoms with Crippen molar-refractivity contribution < 1.29 is 17.6 Å². The molecule has 2 rings (SSSR count). The molecule has 0 aliphatic rings. The molecule has 0 saturated carbocycles. The zero-order valence-electron chi connectivity index (χ0n) is 15.3. The van der Waals surface area contributed by atoms with Crippen molar-refractivity contribution in [3.8, 4) is 0 Å². The molecule has 0 spiro atoms. The molecule has 0 saturated heterocycles. The summed E-state index contributed by atoms with van der Waals surface area (Å²) in [6, 6.07) is 8.55. The molecule has 0 heterocycles. The van der Waals surface area contributed by atoms with E-state index < -0.39 is 21.9 Å². The van der Waals surface area contributed by atoms with Gasteiger partial charge in [-0.05, 0) is 49.6 Å². The molecule has 26 heavy (non-hydrogen) atoms. The van der Waals surface area contributed by atoms with Crippen LogP contribution in [0.4, 0.5) is 10.1 Å². The summed E-state index contributed by atoms with van der Waals surface area (Å²) in [6.45, 7) is 5.79. The number of hydrogen-bond donors (Lipinski definition) is 2. The van der Waals surface area contributed by atoms with Crippen LogP contribution >= 0.6 is 0 Å². The maximum atomic E-state index is 13.1. The van der Waals surface area contributed by atoms with Gasteiger partial charge < -0.3 is 5.32 Å². The van der Waals surface area contributed by atoms with Gasteiger partial charge in [-0.3, -0.25) is 4.79 Å². The van der Waals surface area contributed by atoms with Crippen molar-refractivity contribution in [2.45, 2.75) is 33.2 Å². The Bertz CT molecular complexity index is 886. The maximum absolute atomic E-state index is 13.1. The largest absolute Gasteiger partial charge is 0.326 e. The van der Waals surface area contributed by atoms with Crippen molar-refractivity contribution >= 4 is 21.6 Å². The number of hydrogen-bond acceptors (Lipinski definition) is 3. The summed E-state index contributed by atoms with van der Waals surface area (Å²) in [6.07, 6.45) is 0.918. The van der Waals surface area contributed by atoms with Crippen LogP contribution in [0.3, 0.4) is 0 Å². The van der Waals surface area contributed by atoms with Crippen LogP contribution in [0, 0.1) is 26.6 Å². The van der Waals surface area contributed by atoms with Crippen LogP contribution < -0.4 is 10.0 Å². The number of carbonyl (C=O) groups is 1. The summed E-state index contributed by atoms with van der Waals surface area (Å²) in [5.41, 5.74) is 4.21. The topological polar surface area (TPSA) is 75.3 Å². The van der Waals surface area contributed by atoms with E-state index >= 15 is 0 Å². The van der Waals surface area contributed by atoms with E-state index in [1.807, 2.05) is 32.9 Å². The molecule has 0 aliphatic carbocycles. The smallest absolute Gasteiger partial charge is 0.226 e. The predicted molar refractivity (Wildman–Crippen MR) is 101 cm³/mol. The zero-order valence-corrected chi connectivity index (χ0v) is 16.1. The highest BCUT2D eigenvalue weighted by molar-refractivity contribution is 7.88. The number of rotatable bonds is 6. The third-order valence-corrected chi connectivity index (χ3v) is 4.67. The van der Waals surface area contributed by atoms with Crippen molar-refractivity contribution in [1.82, 2.24) is 4.72 Å². The van der Waals surface area contributed by atoms with Gasteiger partial charge in [-0.1, -0.05) is 29.8 Å². The Kier molecular flexibility index (Phi) is 6.15. The molecule has 0 aliphatic heterocycles. The average Bonchev–Trinajstić information content (AvgIpc) is 2.49. The molecule has 1 atom stereocenters. The molecule has 1 amide bonds. The van der Waals surface area contributed by atoms with Gasteiger partial charge in [0.2, 0.25) is 15.9 Å². The van der Waals surface area contributed by atoms with Crippen molar-refractivity contribution in [2.24, 2.45) is 0 Å². The lowest BCUT2D eigenvalue weighted by Gasteiger charge is -2.19. The first-order chi connectivity index (χ1) is 12.0. The summed E-state index contributed by atoms with van der Waals surface area (Å²) in [5, 5.41) is 2.86. The van der Waals surface area contributed by atoms with Crippen LogP contribution in [0.15, 0.2) is 36.4 Å². The van der Waals surface area contributed by atoms with Gasteiger partial charge >= 0.3 is 0 Å². The Hall–Kier alpha value is -2.25. The molecule has 5 nitrogen and oxygen atoms in total. The Morgan fingerprint density at radius 3 is 2.12 bits per heavy atom. The fraction of sp³-hybridized carbons (Fsp3) is 0.316. The summed E-state index contributed by atoms with van der Waals surface area (Å²) in [7, 11) is -3.55. The number of nitrogens with one attached hydrogen (secondary N) is 2. The molecule has 2 aromatic carbocycles. The predicted octanol–water partition coefficient (Wildman–Crippen LogP) is 3.37. The molecular formula is C19H23FN2O3S. The number of halogens is 1. The van der Waals surface area contributed by atoms with Crippen LogP contribution in [0.25, 0.3) is 0 Å². The molecule has 2 aromatic rings. The highest BCUT2D eigenvalue weighted by atomic mass is 32.2. The number of anilines is 1. The number of amides is 1. The molecule has 2 N–H and O–H groups in total. The van der Waals surface area contributed by atoms with Gasteiger partial charge in [0.1, 0.15) is 5.82 Å². The number of aryl methyl sites for hydroxylation is 3. The van der Waals surface area contributed by atoms with E-state index in [0.29, 0.717) is 5.56 Å². The molecule has 140 valence electrons. The molecule has 0 unspecified atom stereocenters. The minimum atomic E-state index is -3.55. The standard InChI is InChI=1S/C19H23FN2O3S/c1-12-9-13(2)19(14(3)10-12)21-18(23)11-17(22-26(4,24)25)15-5-7-16(20)8-6-15/h5-10,17,22H,11H2,1-4H3,(H,21,23)/t17-/m1/s1. The molecular weight excluding hydrogens is 355 g/mol.